The number of carbonyl (C=O) groups is 1. The topological polar surface area (TPSA) is 42.0 Å². The lowest BCUT2D eigenvalue weighted by molar-refractivity contribution is 0.102. The number of hydrogen-bond donors (Lipinski definition) is 2. The highest BCUT2D eigenvalue weighted by atomic mass is 79.9. The van der Waals surface area contributed by atoms with Gasteiger partial charge in [0.05, 0.1) is 11.3 Å². The molecule has 1 fully saturated rings. The van der Waals surface area contributed by atoms with Crippen molar-refractivity contribution in [1.29, 1.82) is 0 Å². The number of nitrogens with zero attached hydrogens (tertiary/aromatic N) is 1. The minimum atomic E-state index is -0.167. The third-order valence-electron chi connectivity index (χ3n) is 2.93. The van der Waals surface area contributed by atoms with Crippen LogP contribution in [0.15, 0.2) is 32.9 Å². The molecule has 0 unspecified atom stereocenters. The van der Waals surface area contributed by atoms with Gasteiger partial charge in [-0.1, -0.05) is 0 Å². The monoisotopic (exact) mass is 354 g/mol. The van der Waals surface area contributed by atoms with Crippen molar-refractivity contribution < 1.29 is 4.79 Å². The zero-order valence-corrected chi connectivity index (χ0v) is 13.2. The number of nitrogens with one attached hydrogen (secondary N) is 1. The van der Waals surface area contributed by atoms with Crippen molar-refractivity contribution in [3.63, 3.8) is 0 Å². The van der Waals surface area contributed by atoms with Crippen molar-refractivity contribution in [2.45, 2.75) is 23.7 Å². The van der Waals surface area contributed by atoms with Gasteiger partial charge in [-0.15, -0.1) is 24.0 Å². The van der Waals surface area contributed by atoms with Crippen LogP contribution in [0, 0.1) is 0 Å². The van der Waals surface area contributed by atoms with Gasteiger partial charge in [-0.25, -0.2) is 4.98 Å². The summed E-state index contributed by atoms with van der Waals surface area (Å²) >= 11 is 9.09. The predicted molar refractivity (Wildman–Crippen MR) is 83.4 cm³/mol. The molecule has 1 aliphatic carbocycles. The van der Waals surface area contributed by atoms with Crippen LogP contribution in [0.1, 0.15) is 34.8 Å². The Balaban J connectivity index is 1.77. The summed E-state index contributed by atoms with van der Waals surface area (Å²) in [6.45, 7) is 0. The Morgan fingerprint density at radius 1 is 1.47 bits per heavy atom. The Kier molecular flexibility index (Phi) is 3.64. The van der Waals surface area contributed by atoms with Gasteiger partial charge in [0, 0.05) is 20.7 Å². The van der Waals surface area contributed by atoms with Crippen LogP contribution in [0.5, 0.6) is 0 Å². The Bertz CT molecular complexity index is 637. The number of aromatic nitrogens is 1. The van der Waals surface area contributed by atoms with Gasteiger partial charge in [0.1, 0.15) is 0 Å². The van der Waals surface area contributed by atoms with Crippen LogP contribution >= 0.6 is 39.9 Å². The SMILES string of the molecule is O=C(Nc1nc(C2CC2)cs1)c1cc(S)ccc1Br. The molecule has 1 amide bonds. The fraction of sp³-hybridized carbons (Fsp3) is 0.231. The van der Waals surface area contributed by atoms with Gasteiger partial charge in [-0.05, 0) is 47.0 Å². The van der Waals surface area contributed by atoms with Gasteiger partial charge in [0.2, 0.25) is 0 Å². The average molecular weight is 355 g/mol. The second-order valence-electron chi connectivity index (χ2n) is 4.47. The summed E-state index contributed by atoms with van der Waals surface area (Å²) in [4.78, 5) is 17.4. The van der Waals surface area contributed by atoms with E-state index in [0.717, 1.165) is 15.1 Å². The first kappa shape index (κ1) is 13.1. The number of thiazole rings is 1. The van der Waals surface area contributed by atoms with Crippen LogP contribution in [0.4, 0.5) is 5.13 Å². The van der Waals surface area contributed by atoms with Gasteiger partial charge in [-0.3, -0.25) is 10.1 Å². The van der Waals surface area contributed by atoms with Crippen molar-refractivity contribution in [3.05, 3.63) is 39.3 Å². The number of halogens is 1. The molecule has 3 nitrogen and oxygen atoms in total. The molecule has 6 heteroatoms. The molecule has 1 aromatic carbocycles. The fourth-order valence-electron chi connectivity index (χ4n) is 1.76. The van der Waals surface area contributed by atoms with Crippen molar-refractivity contribution in [2.75, 3.05) is 5.32 Å². The molecule has 19 heavy (non-hydrogen) atoms. The van der Waals surface area contributed by atoms with E-state index in [1.165, 1.54) is 24.2 Å². The van der Waals surface area contributed by atoms with E-state index in [0.29, 0.717) is 16.6 Å². The molecule has 0 radical (unpaired) electrons. The van der Waals surface area contributed by atoms with E-state index in [1.54, 1.807) is 6.07 Å². The summed E-state index contributed by atoms with van der Waals surface area (Å²) in [7, 11) is 0. The van der Waals surface area contributed by atoms with Crippen LogP contribution in [0.3, 0.4) is 0 Å². The maximum absolute atomic E-state index is 12.2. The smallest absolute Gasteiger partial charge is 0.258 e. The van der Waals surface area contributed by atoms with Crippen molar-refractivity contribution in [3.8, 4) is 0 Å². The Labute approximate surface area is 129 Å². The molecule has 0 aliphatic heterocycles. The van der Waals surface area contributed by atoms with Crippen LogP contribution in [0.2, 0.25) is 0 Å². The van der Waals surface area contributed by atoms with E-state index in [4.69, 9.17) is 0 Å². The predicted octanol–water partition coefficient (Wildman–Crippen LogP) is 4.32. The Morgan fingerprint density at radius 2 is 2.26 bits per heavy atom. The fourth-order valence-corrected chi connectivity index (χ4v) is 3.18. The van der Waals surface area contributed by atoms with E-state index in [9.17, 15) is 4.79 Å². The quantitative estimate of drug-likeness (QED) is 0.805. The molecule has 1 aliphatic rings. The molecule has 0 saturated heterocycles. The summed E-state index contributed by atoms with van der Waals surface area (Å²) in [6, 6.07) is 5.38. The second kappa shape index (κ2) is 5.26. The molecule has 1 aromatic heterocycles. The van der Waals surface area contributed by atoms with Gasteiger partial charge in [-0.2, -0.15) is 0 Å². The number of amides is 1. The minimum absolute atomic E-state index is 0.167. The first-order chi connectivity index (χ1) is 9.13. The van der Waals surface area contributed by atoms with E-state index in [1.807, 2.05) is 17.5 Å². The molecule has 98 valence electrons. The summed E-state index contributed by atoms with van der Waals surface area (Å²) < 4.78 is 0.752. The third-order valence-corrected chi connectivity index (χ3v) is 4.68. The molecule has 0 bridgehead atoms. The molecule has 1 saturated carbocycles. The molecular weight excluding hydrogens is 344 g/mol. The second-order valence-corrected chi connectivity index (χ2v) is 6.70. The molecule has 0 atom stereocenters. The van der Waals surface area contributed by atoms with Crippen LogP contribution in [-0.4, -0.2) is 10.9 Å². The number of hydrogen-bond acceptors (Lipinski definition) is 4. The standard InChI is InChI=1S/C13H11BrN2OS2/c14-10-4-3-8(18)5-9(10)12(17)16-13-15-11(6-19-13)7-1-2-7/h3-7,18H,1-2H2,(H,15,16,17). The van der Waals surface area contributed by atoms with Crippen molar-refractivity contribution in [2.24, 2.45) is 0 Å². The molecule has 0 spiro atoms. The highest BCUT2D eigenvalue weighted by molar-refractivity contribution is 9.10. The van der Waals surface area contributed by atoms with Crippen LogP contribution in [-0.2, 0) is 0 Å². The number of thiol groups is 1. The average Bonchev–Trinajstić information content (AvgIpc) is 3.13. The Hall–Kier alpha value is -0.850. The van der Waals surface area contributed by atoms with E-state index < -0.39 is 0 Å². The first-order valence-electron chi connectivity index (χ1n) is 5.89. The number of carbonyl (C=O) groups excluding carboxylic acids is 1. The van der Waals surface area contributed by atoms with E-state index in [2.05, 4.69) is 38.9 Å². The van der Waals surface area contributed by atoms with Gasteiger partial charge >= 0.3 is 0 Å². The van der Waals surface area contributed by atoms with E-state index in [-0.39, 0.29) is 5.91 Å². The maximum atomic E-state index is 12.2. The van der Waals surface area contributed by atoms with Gasteiger partial charge in [0.25, 0.3) is 5.91 Å². The number of benzene rings is 1. The van der Waals surface area contributed by atoms with Crippen LogP contribution < -0.4 is 5.32 Å². The normalized spacial score (nSPS) is 14.4. The number of rotatable bonds is 3. The molecule has 3 rings (SSSR count). The van der Waals surface area contributed by atoms with Gasteiger partial charge < -0.3 is 0 Å². The zero-order valence-electron chi connectivity index (χ0n) is 9.89. The summed E-state index contributed by atoms with van der Waals surface area (Å²) in [5.74, 6) is 0.439. The van der Waals surface area contributed by atoms with Crippen molar-refractivity contribution >= 4 is 50.9 Å². The maximum Gasteiger partial charge on any atom is 0.258 e. The third kappa shape index (κ3) is 3.01. The number of anilines is 1. The van der Waals surface area contributed by atoms with Crippen molar-refractivity contribution in [1.82, 2.24) is 4.98 Å². The summed E-state index contributed by atoms with van der Waals surface area (Å²) in [5.41, 5.74) is 1.66. The lowest BCUT2D eigenvalue weighted by Gasteiger charge is -2.05. The van der Waals surface area contributed by atoms with Crippen LogP contribution in [0.25, 0.3) is 0 Å². The highest BCUT2D eigenvalue weighted by Crippen LogP contribution is 2.40. The highest BCUT2D eigenvalue weighted by Gasteiger charge is 2.26. The molecule has 1 heterocycles. The minimum Gasteiger partial charge on any atom is -0.298 e. The first-order valence-corrected chi connectivity index (χ1v) is 8.01. The Morgan fingerprint density at radius 3 is 3.00 bits per heavy atom. The summed E-state index contributed by atoms with van der Waals surface area (Å²) in [6.07, 6.45) is 2.43. The van der Waals surface area contributed by atoms with E-state index >= 15 is 0 Å². The molecule has 1 N–H and O–H groups in total. The zero-order chi connectivity index (χ0) is 13.4. The lowest BCUT2D eigenvalue weighted by atomic mass is 10.2. The molecular formula is C13H11BrN2OS2. The van der Waals surface area contributed by atoms with Gasteiger partial charge in [0.15, 0.2) is 5.13 Å². The molecule has 2 aromatic rings. The summed E-state index contributed by atoms with van der Waals surface area (Å²) in [5, 5.41) is 5.51. The largest absolute Gasteiger partial charge is 0.298 e. The lowest BCUT2D eigenvalue weighted by Crippen LogP contribution is -2.12.